The molecule has 0 saturated heterocycles. The highest BCUT2D eigenvalue weighted by Crippen LogP contribution is 2.33. The molecule has 20 heavy (non-hydrogen) atoms. The third kappa shape index (κ3) is 3.47. The summed E-state index contributed by atoms with van der Waals surface area (Å²) in [4.78, 5) is 0. The molecule has 2 rings (SSSR count). The van der Waals surface area contributed by atoms with Crippen LogP contribution in [0, 0.1) is 5.82 Å². The van der Waals surface area contributed by atoms with Gasteiger partial charge in [0.25, 0.3) is 0 Å². The van der Waals surface area contributed by atoms with Crippen LogP contribution in [-0.2, 0) is 0 Å². The molecule has 1 aromatic rings. The van der Waals surface area contributed by atoms with Gasteiger partial charge >= 0.3 is 0 Å². The molecule has 0 amide bonds. The van der Waals surface area contributed by atoms with Crippen LogP contribution in [0.25, 0.3) is 0 Å². The Morgan fingerprint density at radius 2 is 2.25 bits per heavy atom. The molecular formula is C16H24FNOS. The maximum atomic E-state index is 14.1. The van der Waals surface area contributed by atoms with Crippen molar-refractivity contribution in [1.82, 2.24) is 5.32 Å². The molecule has 1 N–H and O–H groups in total. The summed E-state index contributed by atoms with van der Waals surface area (Å²) in [5, 5.41) is 4.26. The van der Waals surface area contributed by atoms with Crippen LogP contribution in [0.2, 0.25) is 0 Å². The molecule has 3 atom stereocenters. The van der Waals surface area contributed by atoms with Crippen LogP contribution in [0.1, 0.15) is 44.7 Å². The van der Waals surface area contributed by atoms with Crippen molar-refractivity contribution in [3.8, 4) is 5.75 Å². The van der Waals surface area contributed by atoms with Crippen LogP contribution in [-0.4, -0.2) is 24.2 Å². The lowest BCUT2D eigenvalue weighted by Crippen LogP contribution is -2.36. The highest BCUT2D eigenvalue weighted by atomic mass is 32.2. The van der Waals surface area contributed by atoms with E-state index in [-0.39, 0.29) is 11.9 Å². The maximum Gasteiger partial charge on any atom is 0.131 e. The van der Waals surface area contributed by atoms with Gasteiger partial charge in [-0.1, -0.05) is 19.4 Å². The Balaban J connectivity index is 2.10. The van der Waals surface area contributed by atoms with Gasteiger partial charge in [0, 0.05) is 22.9 Å². The van der Waals surface area contributed by atoms with Gasteiger partial charge in [0.2, 0.25) is 0 Å². The Morgan fingerprint density at radius 3 is 2.95 bits per heavy atom. The van der Waals surface area contributed by atoms with Crippen LogP contribution in [0.3, 0.4) is 0 Å². The Morgan fingerprint density at radius 1 is 1.45 bits per heavy atom. The molecule has 0 heterocycles. The fraction of sp³-hybridized carbons (Fsp3) is 0.625. The largest absolute Gasteiger partial charge is 0.496 e. The first kappa shape index (κ1) is 15.6. The van der Waals surface area contributed by atoms with Gasteiger partial charge < -0.3 is 10.1 Å². The third-order valence-electron chi connectivity index (χ3n) is 3.96. The minimum Gasteiger partial charge on any atom is -0.496 e. The SMILES string of the molecule is CCSC1CCCC1NC(C)c1c(F)cccc1OC. The van der Waals surface area contributed by atoms with E-state index < -0.39 is 0 Å². The van der Waals surface area contributed by atoms with Gasteiger partial charge in [0.05, 0.1) is 7.11 Å². The number of hydrogen-bond acceptors (Lipinski definition) is 3. The fourth-order valence-electron chi connectivity index (χ4n) is 3.05. The Hall–Kier alpha value is -0.740. The van der Waals surface area contributed by atoms with Gasteiger partial charge in [0.1, 0.15) is 11.6 Å². The van der Waals surface area contributed by atoms with Crippen molar-refractivity contribution >= 4 is 11.8 Å². The summed E-state index contributed by atoms with van der Waals surface area (Å²) in [6.45, 7) is 4.22. The molecule has 1 saturated carbocycles. The lowest BCUT2D eigenvalue weighted by molar-refractivity contribution is 0.384. The summed E-state index contributed by atoms with van der Waals surface area (Å²) in [6.07, 6.45) is 3.70. The quantitative estimate of drug-likeness (QED) is 0.852. The van der Waals surface area contributed by atoms with E-state index in [0.717, 1.165) is 5.75 Å². The highest BCUT2D eigenvalue weighted by molar-refractivity contribution is 7.99. The summed E-state index contributed by atoms with van der Waals surface area (Å²) in [5.74, 6) is 1.57. The summed E-state index contributed by atoms with van der Waals surface area (Å²) in [5.41, 5.74) is 0.641. The first-order chi connectivity index (χ1) is 9.67. The number of rotatable bonds is 6. The first-order valence-corrected chi connectivity index (χ1v) is 8.42. The normalized spacial score (nSPS) is 23.8. The van der Waals surface area contributed by atoms with Crippen LogP contribution < -0.4 is 10.1 Å². The molecule has 1 aromatic carbocycles. The zero-order valence-electron chi connectivity index (χ0n) is 12.5. The number of ether oxygens (including phenoxy) is 1. The standard InChI is InChI=1S/C16H24FNOS/c1-4-20-15-10-6-8-13(15)18-11(2)16-12(17)7-5-9-14(16)19-3/h5,7,9,11,13,15,18H,4,6,8,10H2,1-3H3. The van der Waals surface area contributed by atoms with Crippen LogP contribution in [0.4, 0.5) is 4.39 Å². The second kappa shape index (κ2) is 7.32. The molecule has 1 fully saturated rings. The second-order valence-corrected chi connectivity index (χ2v) is 6.79. The molecule has 0 bridgehead atoms. The monoisotopic (exact) mass is 297 g/mol. The summed E-state index contributed by atoms with van der Waals surface area (Å²) < 4.78 is 19.4. The van der Waals surface area contributed by atoms with Crippen molar-refractivity contribution in [2.24, 2.45) is 0 Å². The topological polar surface area (TPSA) is 21.3 Å². The fourth-order valence-corrected chi connectivity index (χ4v) is 4.26. The van der Waals surface area contributed by atoms with Gasteiger partial charge in [-0.25, -0.2) is 4.39 Å². The van der Waals surface area contributed by atoms with Gasteiger partial charge in [-0.15, -0.1) is 0 Å². The minimum absolute atomic E-state index is 0.0331. The van der Waals surface area contributed by atoms with Gasteiger partial charge in [0.15, 0.2) is 0 Å². The van der Waals surface area contributed by atoms with Gasteiger partial charge in [-0.2, -0.15) is 11.8 Å². The number of benzene rings is 1. The lowest BCUT2D eigenvalue weighted by atomic mass is 10.0. The number of hydrogen-bond donors (Lipinski definition) is 1. The molecule has 0 aromatic heterocycles. The number of thioether (sulfide) groups is 1. The predicted molar refractivity (Wildman–Crippen MR) is 84.1 cm³/mol. The van der Waals surface area contributed by atoms with E-state index in [1.807, 2.05) is 24.8 Å². The molecule has 4 heteroatoms. The van der Waals surface area contributed by atoms with Gasteiger partial charge in [-0.3, -0.25) is 0 Å². The van der Waals surface area contributed by atoms with E-state index >= 15 is 0 Å². The van der Waals surface area contributed by atoms with Crippen molar-refractivity contribution in [1.29, 1.82) is 0 Å². The summed E-state index contributed by atoms with van der Waals surface area (Å²) in [6, 6.07) is 5.45. The van der Waals surface area contributed by atoms with Crippen LogP contribution >= 0.6 is 11.8 Å². The first-order valence-electron chi connectivity index (χ1n) is 7.37. The predicted octanol–water partition coefficient (Wildman–Crippen LogP) is 4.16. The molecule has 0 radical (unpaired) electrons. The zero-order chi connectivity index (χ0) is 14.5. The highest BCUT2D eigenvalue weighted by Gasteiger charge is 2.29. The molecule has 2 nitrogen and oxygen atoms in total. The molecule has 3 unspecified atom stereocenters. The van der Waals surface area contributed by atoms with E-state index in [1.54, 1.807) is 13.2 Å². The molecule has 0 aliphatic heterocycles. The van der Waals surface area contributed by atoms with E-state index in [4.69, 9.17) is 4.74 Å². The zero-order valence-corrected chi connectivity index (χ0v) is 13.3. The van der Waals surface area contributed by atoms with E-state index in [1.165, 1.54) is 25.3 Å². The number of nitrogens with one attached hydrogen (secondary N) is 1. The molecular weight excluding hydrogens is 273 g/mol. The van der Waals surface area contributed by atoms with Gasteiger partial charge in [-0.05, 0) is 37.7 Å². The Kier molecular flexibility index (Phi) is 5.73. The van der Waals surface area contributed by atoms with Crippen molar-refractivity contribution in [2.75, 3.05) is 12.9 Å². The molecule has 1 aliphatic carbocycles. The van der Waals surface area contributed by atoms with Crippen LogP contribution in [0.15, 0.2) is 18.2 Å². The Bertz CT molecular complexity index is 440. The smallest absolute Gasteiger partial charge is 0.131 e. The average molecular weight is 297 g/mol. The molecule has 0 spiro atoms. The summed E-state index contributed by atoms with van der Waals surface area (Å²) >= 11 is 2.01. The molecule has 112 valence electrons. The third-order valence-corrected chi connectivity index (χ3v) is 5.29. The average Bonchev–Trinajstić information content (AvgIpc) is 2.86. The Labute approximate surface area is 125 Å². The van der Waals surface area contributed by atoms with Crippen molar-refractivity contribution in [2.45, 2.75) is 50.4 Å². The number of halogens is 1. The van der Waals surface area contributed by atoms with E-state index in [0.29, 0.717) is 22.6 Å². The van der Waals surface area contributed by atoms with E-state index in [9.17, 15) is 4.39 Å². The number of methoxy groups -OCH3 is 1. The second-order valence-electron chi connectivity index (χ2n) is 5.28. The van der Waals surface area contributed by atoms with Crippen LogP contribution in [0.5, 0.6) is 5.75 Å². The summed E-state index contributed by atoms with van der Waals surface area (Å²) in [7, 11) is 1.59. The molecule has 1 aliphatic rings. The van der Waals surface area contributed by atoms with E-state index in [2.05, 4.69) is 12.2 Å². The minimum atomic E-state index is -0.193. The lowest BCUT2D eigenvalue weighted by Gasteiger charge is -2.26. The van der Waals surface area contributed by atoms with Crippen molar-refractivity contribution < 1.29 is 9.13 Å². The maximum absolute atomic E-state index is 14.1. The van der Waals surface area contributed by atoms with Crippen molar-refractivity contribution in [3.63, 3.8) is 0 Å². The van der Waals surface area contributed by atoms with Crippen molar-refractivity contribution in [3.05, 3.63) is 29.6 Å².